The highest BCUT2D eigenvalue weighted by atomic mass is 35.5. The maximum atomic E-state index is 4.59. The zero-order valence-corrected chi connectivity index (χ0v) is 12.2. The number of imidazole rings is 1. The summed E-state index contributed by atoms with van der Waals surface area (Å²) in [7, 11) is 0. The van der Waals surface area contributed by atoms with E-state index in [0.717, 1.165) is 29.9 Å². The van der Waals surface area contributed by atoms with Crippen LogP contribution in [0.15, 0.2) is 24.7 Å². The van der Waals surface area contributed by atoms with Crippen LogP contribution in [0.25, 0.3) is 5.78 Å². The Labute approximate surface area is 124 Å². The van der Waals surface area contributed by atoms with Crippen molar-refractivity contribution in [1.82, 2.24) is 24.6 Å². The summed E-state index contributed by atoms with van der Waals surface area (Å²) >= 11 is 0. The van der Waals surface area contributed by atoms with Gasteiger partial charge in [-0.1, -0.05) is 0 Å². The first-order chi connectivity index (χ1) is 9.38. The van der Waals surface area contributed by atoms with Crippen LogP contribution in [-0.4, -0.2) is 45.4 Å². The third-order valence-corrected chi connectivity index (χ3v) is 4.46. The molecule has 2 saturated heterocycles. The average Bonchev–Trinajstić information content (AvgIpc) is 3.03. The highest BCUT2D eigenvalue weighted by Gasteiger charge is 2.32. The van der Waals surface area contributed by atoms with E-state index in [0.29, 0.717) is 0 Å². The number of piperidine rings is 1. The third-order valence-electron chi connectivity index (χ3n) is 4.46. The molecule has 108 valence electrons. The van der Waals surface area contributed by atoms with Gasteiger partial charge in [-0.05, 0) is 44.0 Å². The van der Waals surface area contributed by atoms with Crippen LogP contribution in [0.5, 0.6) is 0 Å². The predicted octanol–water partition coefficient (Wildman–Crippen LogP) is 1.19. The summed E-state index contributed by atoms with van der Waals surface area (Å²) in [6.07, 6.45) is 7.22. The lowest BCUT2D eigenvalue weighted by Crippen LogP contribution is -2.39. The van der Waals surface area contributed by atoms with Crippen molar-refractivity contribution in [2.24, 2.45) is 11.8 Å². The first-order valence-corrected chi connectivity index (χ1v) is 7.10. The highest BCUT2D eigenvalue weighted by Crippen LogP contribution is 2.27. The first-order valence-electron chi connectivity index (χ1n) is 7.10. The maximum Gasteiger partial charge on any atom is 0.233 e. The molecule has 2 aliphatic rings. The molecule has 1 N–H and O–H groups in total. The van der Waals surface area contributed by atoms with Crippen LogP contribution in [0.4, 0.5) is 0 Å². The largest absolute Gasteiger partial charge is 0.316 e. The van der Waals surface area contributed by atoms with E-state index >= 15 is 0 Å². The van der Waals surface area contributed by atoms with E-state index in [1.165, 1.54) is 32.6 Å². The van der Waals surface area contributed by atoms with E-state index in [1.54, 1.807) is 6.20 Å². The van der Waals surface area contributed by atoms with Crippen molar-refractivity contribution in [2.75, 3.05) is 26.2 Å². The van der Waals surface area contributed by atoms with E-state index in [-0.39, 0.29) is 12.4 Å². The van der Waals surface area contributed by atoms with Crippen molar-refractivity contribution in [2.45, 2.75) is 13.0 Å². The standard InChI is InChI=1S/C14H19N5.ClH/c1-3-16-14-17-13(10-19(14)4-1)9-18-5-2-11-6-15-7-12(11)8-18;/h1,3-4,10-12,15H,2,5-9H2;1H. The fraction of sp³-hybridized carbons (Fsp3) is 0.571. The van der Waals surface area contributed by atoms with E-state index in [2.05, 4.69) is 26.4 Å². The van der Waals surface area contributed by atoms with Gasteiger partial charge in [0.15, 0.2) is 0 Å². The number of nitrogens with zero attached hydrogens (tertiary/aromatic N) is 4. The smallest absolute Gasteiger partial charge is 0.233 e. The lowest BCUT2D eigenvalue weighted by molar-refractivity contribution is 0.141. The van der Waals surface area contributed by atoms with Gasteiger partial charge in [0.2, 0.25) is 5.78 Å². The molecule has 0 saturated carbocycles. The Hall–Kier alpha value is -1.17. The number of likely N-dealkylation sites (tertiary alicyclic amines) is 1. The third kappa shape index (κ3) is 2.53. The van der Waals surface area contributed by atoms with Crippen molar-refractivity contribution in [3.8, 4) is 0 Å². The summed E-state index contributed by atoms with van der Waals surface area (Å²) in [6.45, 7) is 5.76. The molecule has 2 aromatic heterocycles. The summed E-state index contributed by atoms with van der Waals surface area (Å²) < 4.78 is 2.00. The van der Waals surface area contributed by atoms with Crippen LogP contribution < -0.4 is 5.32 Å². The van der Waals surface area contributed by atoms with Gasteiger partial charge < -0.3 is 5.32 Å². The molecular formula is C14H20ClN5. The molecule has 6 heteroatoms. The molecule has 4 rings (SSSR count). The number of fused-ring (bicyclic) bond motifs is 2. The normalized spacial score (nSPS) is 26.4. The van der Waals surface area contributed by atoms with Crippen molar-refractivity contribution in [3.63, 3.8) is 0 Å². The molecule has 2 aromatic rings. The van der Waals surface area contributed by atoms with Crippen molar-refractivity contribution in [1.29, 1.82) is 0 Å². The Morgan fingerprint density at radius 2 is 2.20 bits per heavy atom. The number of hydrogen-bond donors (Lipinski definition) is 1. The molecular weight excluding hydrogens is 274 g/mol. The van der Waals surface area contributed by atoms with Crippen LogP contribution in [0, 0.1) is 11.8 Å². The zero-order chi connectivity index (χ0) is 12.7. The zero-order valence-electron chi connectivity index (χ0n) is 11.4. The topological polar surface area (TPSA) is 45.5 Å². The molecule has 20 heavy (non-hydrogen) atoms. The van der Waals surface area contributed by atoms with Gasteiger partial charge >= 0.3 is 0 Å². The van der Waals surface area contributed by atoms with E-state index in [9.17, 15) is 0 Å². The van der Waals surface area contributed by atoms with E-state index < -0.39 is 0 Å². The minimum absolute atomic E-state index is 0. The minimum atomic E-state index is 0. The minimum Gasteiger partial charge on any atom is -0.316 e. The Morgan fingerprint density at radius 3 is 3.10 bits per heavy atom. The maximum absolute atomic E-state index is 4.59. The molecule has 2 fully saturated rings. The Bertz CT molecular complexity index is 551. The fourth-order valence-electron chi connectivity index (χ4n) is 3.44. The quantitative estimate of drug-likeness (QED) is 0.903. The second kappa shape index (κ2) is 5.68. The van der Waals surface area contributed by atoms with Gasteiger partial charge in [0, 0.05) is 31.7 Å². The molecule has 0 amide bonds. The SMILES string of the molecule is Cl.c1cnc2nc(CN3CCC4CNCC4C3)cn2c1. The first kappa shape index (κ1) is 13.8. The fourth-order valence-corrected chi connectivity index (χ4v) is 3.44. The Kier molecular flexibility index (Phi) is 3.92. The summed E-state index contributed by atoms with van der Waals surface area (Å²) in [4.78, 5) is 11.4. The van der Waals surface area contributed by atoms with Gasteiger partial charge in [0.05, 0.1) is 5.69 Å². The molecule has 2 unspecified atom stereocenters. The predicted molar refractivity (Wildman–Crippen MR) is 80.0 cm³/mol. The number of rotatable bonds is 2. The van der Waals surface area contributed by atoms with Crippen LogP contribution in [0.2, 0.25) is 0 Å². The molecule has 0 aliphatic carbocycles. The lowest BCUT2D eigenvalue weighted by atomic mass is 9.89. The molecule has 2 aliphatic heterocycles. The van der Waals surface area contributed by atoms with Crippen molar-refractivity contribution >= 4 is 18.2 Å². The second-order valence-corrected chi connectivity index (χ2v) is 5.76. The highest BCUT2D eigenvalue weighted by molar-refractivity contribution is 5.85. The van der Waals surface area contributed by atoms with Gasteiger partial charge in [-0.3, -0.25) is 9.30 Å². The number of hydrogen-bond acceptors (Lipinski definition) is 4. The summed E-state index contributed by atoms with van der Waals surface area (Å²) in [6, 6.07) is 1.94. The van der Waals surface area contributed by atoms with E-state index in [1.807, 2.05) is 16.7 Å². The molecule has 2 atom stereocenters. The van der Waals surface area contributed by atoms with Crippen molar-refractivity contribution in [3.05, 3.63) is 30.4 Å². The van der Waals surface area contributed by atoms with Gasteiger partial charge in [-0.25, -0.2) is 9.97 Å². The van der Waals surface area contributed by atoms with Crippen LogP contribution in [0.3, 0.4) is 0 Å². The second-order valence-electron chi connectivity index (χ2n) is 5.76. The van der Waals surface area contributed by atoms with Crippen LogP contribution in [0.1, 0.15) is 12.1 Å². The van der Waals surface area contributed by atoms with Gasteiger partial charge in [-0.15, -0.1) is 12.4 Å². The molecule has 5 nitrogen and oxygen atoms in total. The van der Waals surface area contributed by atoms with Crippen LogP contribution >= 0.6 is 12.4 Å². The van der Waals surface area contributed by atoms with Gasteiger partial charge in [-0.2, -0.15) is 0 Å². The molecule has 4 heterocycles. The van der Waals surface area contributed by atoms with E-state index in [4.69, 9.17) is 0 Å². The Morgan fingerprint density at radius 1 is 1.30 bits per heavy atom. The monoisotopic (exact) mass is 293 g/mol. The summed E-state index contributed by atoms with van der Waals surface area (Å²) in [5, 5.41) is 3.51. The van der Waals surface area contributed by atoms with Crippen LogP contribution in [-0.2, 0) is 6.54 Å². The average molecular weight is 294 g/mol. The molecule has 0 bridgehead atoms. The van der Waals surface area contributed by atoms with Gasteiger partial charge in [0.1, 0.15) is 0 Å². The Balaban J connectivity index is 0.00000121. The number of aromatic nitrogens is 3. The molecule has 0 aromatic carbocycles. The number of nitrogens with one attached hydrogen (secondary N) is 1. The lowest BCUT2D eigenvalue weighted by Gasteiger charge is -2.33. The summed E-state index contributed by atoms with van der Waals surface area (Å²) in [5.74, 6) is 2.54. The molecule has 0 spiro atoms. The van der Waals surface area contributed by atoms with Gasteiger partial charge in [0.25, 0.3) is 0 Å². The summed E-state index contributed by atoms with van der Waals surface area (Å²) in [5.41, 5.74) is 1.13. The van der Waals surface area contributed by atoms with Crippen molar-refractivity contribution < 1.29 is 0 Å². The number of halogens is 1. The molecule has 0 radical (unpaired) electrons.